The Labute approximate surface area is 238 Å². The van der Waals surface area contributed by atoms with E-state index < -0.39 is 12.1 Å². The van der Waals surface area contributed by atoms with Crippen molar-refractivity contribution in [1.29, 1.82) is 0 Å². The van der Waals surface area contributed by atoms with Gasteiger partial charge in [-0.05, 0) is 48.0 Å². The molecule has 0 spiro atoms. The average molecular weight is 582 g/mol. The third-order valence-electron chi connectivity index (χ3n) is 6.03. The van der Waals surface area contributed by atoms with Crippen molar-refractivity contribution in [3.8, 4) is 22.9 Å². The minimum absolute atomic E-state index is 0.264. The molecule has 5 aromatic rings. The highest BCUT2D eigenvalue weighted by molar-refractivity contribution is 6.00. The van der Waals surface area contributed by atoms with Crippen LogP contribution in [-0.2, 0) is 17.9 Å². The van der Waals surface area contributed by atoms with Gasteiger partial charge in [-0.1, -0.05) is 12.1 Å². The van der Waals surface area contributed by atoms with E-state index in [0.717, 1.165) is 22.2 Å². The number of methoxy groups -OCH3 is 2. The molecule has 0 radical (unpaired) electrons. The number of carbonyl (C=O) groups excluding carboxylic acids is 1. The lowest BCUT2D eigenvalue weighted by Crippen LogP contribution is -2.23. The number of aromatic nitrogens is 4. The number of amides is 1. The predicted octanol–water partition coefficient (Wildman–Crippen LogP) is 4.83. The first-order chi connectivity index (χ1) is 20.1. The van der Waals surface area contributed by atoms with Crippen LogP contribution in [0, 0.1) is 0 Å². The van der Waals surface area contributed by atoms with E-state index >= 15 is 0 Å². The van der Waals surface area contributed by atoms with E-state index in [-0.39, 0.29) is 12.5 Å². The Morgan fingerprint density at radius 2 is 1.81 bits per heavy atom. The van der Waals surface area contributed by atoms with Crippen molar-refractivity contribution in [2.45, 2.75) is 19.3 Å². The fourth-order valence-electron chi connectivity index (χ4n) is 4.06. The summed E-state index contributed by atoms with van der Waals surface area (Å²) in [5.74, 6) is -0.946. The number of fused-ring (bicyclic) bond motifs is 1. The summed E-state index contributed by atoms with van der Waals surface area (Å²) in [5, 5.41) is 10.1. The van der Waals surface area contributed by atoms with Gasteiger partial charge in [0.1, 0.15) is 17.3 Å². The Hall–Kier alpha value is -5.33. The normalized spacial score (nSPS) is 11.0. The largest absolute Gasteiger partial charge is 0.497 e. The Bertz CT molecular complexity index is 1680. The Kier molecular flexibility index (Phi) is 9.10. The van der Waals surface area contributed by atoms with Gasteiger partial charge in [-0.15, -0.1) is 0 Å². The van der Waals surface area contributed by atoms with Gasteiger partial charge < -0.3 is 24.5 Å². The van der Waals surface area contributed by atoms with Crippen LogP contribution < -0.4 is 14.8 Å². The van der Waals surface area contributed by atoms with Crippen LogP contribution in [0.3, 0.4) is 0 Å². The summed E-state index contributed by atoms with van der Waals surface area (Å²) < 4.78 is 46.5. The number of hydrogen-bond donors (Lipinski definition) is 2. The molecule has 0 aliphatic carbocycles. The number of pyridine rings is 2. The Morgan fingerprint density at radius 1 is 1.02 bits per heavy atom. The van der Waals surface area contributed by atoms with Crippen LogP contribution in [0.5, 0.6) is 11.5 Å². The van der Waals surface area contributed by atoms with Gasteiger partial charge >= 0.3 is 12.1 Å². The number of carboxylic acids is 1. The van der Waals surface area contributed by atoms with Crippen LogP contribution in [0.4, 0.5) is 13.2 Å². The summed E-state index contributed by atoms with van der Waals surface area (Å²) in [6.45, 7) is 0.981. The molecule has 1 aromatic carbocycles. The number of alkyl halides is 3. The van der Waals surface area contributed by atoms with Crippen molar-refractivity contribution in [3.63, 3.8) is 0 Å². The molecule has 0 atom stereocenters. The van der Waals surface area contributed by atoms with Crippen molar-refractivity contribution in [1.82, 2.24) is 24.3 Å². The van der Waals surface area contributed by atoms with Crippen LogP contribution in [0.2, 0.25) is 0 Å². The lowest BCUT2D eigenvalue weighted by molar-refractivity contribution is -0.192. The number of nitrogens with one attached hydrogen (secondary N) is 1. The van der Waals surface area contributed by atoms with E-state index in [1.807, 2.05) is 83.8 Å². The second-order valence-electron chi connectivity index (χ2n) is 8.84. The summed E-state index contributed by atoms with van der Waals surface area (Å²) in [6, 6.07) is 17.2. The summed E-state index contributed by atoms with van der Waals surface area (Å²) in [5.41, 5.74) is 3.94. The highest BCUT2D eigenvalue weighted by Gasteiger charge is 2.38. The minimum atomic E-state index is -5.08. The lowest BCUT2D eigenvalue weighted by Gasteiger charge is -2.11. The molecule has 4 aromatic heterocycles. The predicted molar refractivity (Wildman–Crippen MR) is 146 cm³/mol. The maximum Gasteiger partial charge on any atom is 0.490 e. The van der Waals surface area contributed by atoms with E-state index in [9.17, 15) is 18.0 Å². The zero-order valence-electron chi connectivity index (χ0n) is 22.5. The fraction of sp³-hybridized carbons (Fsp3) is 0.172. The van der Waals surface area contributed by atoms with Gasteiger partial charge in [0.2, 0.25) is 0 Å². The van der Waals surface area contributed by atoms with Gasteiger partial charge in [0.05, 0.1) is 19.7 Å². The van der Waals surface area contributed by atoms with Crippen LogP contribution in [0.25, 0.3) is 16.9 Å². The maximum absolute atomic E-state index is 13.2. The van der Waals surface area contributed by atoms with Gasteiger partial charge in [-0.25, -0.2) is 9.78 Å². The molecular weight excluding hydrogens is 555 g/mol. The number of halogens is 3. The third-order valence-corrected chi connectivity index (χ3v) is 6.03. The number of carboxylic acid groups (broad SMARTS) is 1. The highest BCUT2D eigenvalue weighted by Crippen LogP contribution is 2.26. The fourth-order valence-corrected chi connectivity index (χ4v) is 4.06. The molecule has 2 N–H and O–H groups in total. The van der Waals surface area contributed by atoms with Crippen molar-refractivity contribution >= 4 is 17.4 Å². The van der Waals surface area contributed by atoms with Crippen molar-refractivity contribution in [2.75, 3.05) is 14.2 Å². The van der Waals surface area contributed by atoms with Gasteiger partial charge in [0, 0.05) is 55.2 Å². The molecule has 13 heteroatoms. The Morgan fingerprint density at radius 3 is 2.48 bits per heavy atom. The first-order valence-corrected chi connectivity index (χ1v) is 12.4. The van der Waals surface area contributed by atoms with Crippen molar-refractivity contribution < 1.29 is 37.3 Å². The molecule has 0 aliphatic rings. The van der Waals surface area contributed by atoms with E-state index in [4.69, 9.17) is 24.4 Å². The summed E-state index contributed by atoms with van der Waals surface area (Å²) in [7, 11) is 3.20. The molecule has 1 amide bonds. The molecule has 10 nitrogen and oxygen atoms in total. The number of nitrogens with zero attached hydrogens (tertiary/aromatic N) is 4. The molecule has 0 bridgehead atoms. The number of ether oxygens (including phenoxy) is 2. The molecule has 0 saturated carbocycles. The monoisotopic (exact) mass is 581 g/mol. The minimum Gasteiger partial charge on any atom is -0.497 e. The van der Waals surface area contributed by atoms with Crippen LogP contribution in [-0.4, -0.2) is 56.3 Å². The third kappa shape index (κ3) is 7.05. The zero-order chi connectivity index (χ0) is 30.3. The molecular formula is C29H26F3N5O5. The smallest absolute Gasteiger partial charge is 0.490 e. The molecule has 0 fully saturated rings. The van der Waals surface area contributed by atoms with Crippen LogP contribution in [0.1, 0.15) is 21.6 Å². The standard InChI is InChI=1S/C27H25N5O3.C2HF3O2/c1-34-22-8-9-24(35-2)21(14-22)16-29-27(33)25-23-7-3-4-12-32(23)26(30-25)20-10-13-31(18-20)17-19-6-5-11-28-15-19;3-2(4,5)1(6)7/h3-15,18H,16-17H2,1-2H3,(H,29,33);(H,6,7). The number of benzene rings is 1. The van der Waals surface area contributed by atoms with E-state index in [1.54, 1.807) is 20.4 Å². The lowest BCUT2D eigenvalue weighted by atomic mass is 10.2. The topological polar surface area (TPSA) is 120 Å². The van der Waals surface area contributed by atoms with Crippen LogP contribution in [0.15, 0.2) is 85.6 Å². The van der Waals surface area contributed by atoms with E-state index in [1.165, 1.54) is 0 Å². The molecule has 0 saturated heterocycles. The quantitative estimate of drug-likeness (QED) is 0.270. The summed E-state index contributed by atoms with van der Waals surface area (Å²) in [6.07, 6.45) is 4.47. The van der Waals surface area contributed by atoms with E-state index in [2.05, 4.69) is 14.9 Å². The zero-order valence-corrected chi connectivity index (χ0v) is 22.5. The average Bonchev–Trinajstić information content (AvgIpc) is 3.61. The van der Waals surface area contributed by atoms with Gasteiger partial charge in [-0.2, -0.15) is 13.2 Å². The molecule has 0 unspecified atom stereocenters. The molecule has 42 heavy (non-hydrogen) atoms. The number of hydrogen-bond acceptors (Lipinski definition) is 6. The second-order valence-corrected chi connectivity index (χ2v) is 8.84. The highest BCUT2D eigenvalue weighted by atomic mass is 19.4. The number of rotatable bonds is 8. The van der Waals surface area contributed by atoms with Crippen molar-refractivity contribution in [2.24, 2.45) is 0 Å². The first kappa shape index (κ1) is 29.6. The van der Waals surface area contributed by atoms with Crippen LogP contribution >= 0.6 is 0 Å². The van der Waals surface area contributed by atoms with Crippen molar-refractivity contribution in [3.05, 3.63) is 102 Å². The van der Waals surface area contributed by atoms with Gasteiger partial charge in [0.25, 0.3) is 5.91 Å². The van der Waals surface area contributed by atoms with E-state index in [0.29, 0.717) is 29.6 Å². The molecule has 218 valence electrons. The molecule has 5 rings (SSSR count). The summed E-state index contributed by atoms with van der Waals surface area (Å²) >= 11 is 0. The first-order valence-electron chi connectivity index (χ1n) is 12.4. The van der Waals surface area contributed by atoms with Gasteiger partial charge in [0.15, 0.2) is 5.69 Å². The van der Waals surface area contributed by atoms with Gasteiger partial charge in [-0.3, -0.25) is 14.2 Å². The maximum atomic E-state index is 13.2. The number of aliphatic carboxylic acids is 1. The SMILES string of the molecule is COc1ccc(OC)c(CNC(=O)c2nc(-c3ccn(Cc4cccnc4)c3)n3ccccc23)c1.O=C(O)C(F)(F)F. The molecule has 4 heterocycles. The Balaban J connectivity index is 0.000000517. The molecule has 0 aliphatic heterocycles. The number of imidazole rings is 1. The summed E-state index contributed by atoms with van der Waals surface area (Å²) in [4.78, 5) is 31.0. The second kappa shape index (κ2) is 12.9. The number of carbonyl (C=O) groups is 2.